The van der Waals surface area contributed by atoms with Gasteiger partial charge in [-0.3, -0.25) is 4.79 Å². The number of halogens is 1. The van der Waals surface area contributed by atoms with Crippen molar-refractivity contribution in [1.82, 2.24) is 0 Å². The Balaban J connectivity index is 2.94. The van der Waals surface area contributed by atoms with Crippen LogP contribution in [0.15, 0.2) is 28.1 Å². The normalized spacial score (nSPS) is 20.2. The highest BCUT2D eigenvalue weighted by Gasteiger charge is 2.34. The van der Waals surface area contributed by atoms with Gasteiger partial charge in [0.25, 0.3) is 0 Å². The third-order valence-corrected chi connectivity index (χ3v) is 3.09. The second-order valence-corrected chi connectivity index (χ2v) is 5.56. The SMILES string of the molecule is CCC(=NOCC=CCl)C1=C(O)CC(C)(C)CC1=O. The highest BCUT2D eigenvalue weighted by atomic mass is 35.5. The zero-order chi connectivity index (χ0) is 14.5. The number of Topliss-reactive ketones (excluding diaryl/α,β-unsaturated/α-hetero) is 1. The number of allylic oxidation sites excluding steroid dienone is 2. The highest BCUT2D eigenvalue weighted by molar-refractivity contribution is 6.25. The van der Waals surface area contributed by atoms with Crippen LogP contribution in [0.25, 0.3) is 0 Å². The summed E-state index contributed by atoms with van der Waals surface area (Å²) in [5.74, 6) is 0.0316. The number of nitrogens with zero attached hydrogens (tertiary/aromatic N) is 1. The van der Waals surface area contributed by atoms with Gasteiger partial charge < -0.3 is 9.94 Å². The first kappa shape index (κ1) is 15.8. The number of aliphatic hydroxyl groups is 1. The molecule has 1 aliphatic carbocycles. The molecule has 19 heavy (non-hydrogen) atoms. The largest absolute Gasteiger partial charge is 0.511 e. The van der Waals surface area contributed by atoms with Crippen LogP contribution in [-0.2, 0) is 9.63 Å². The Kier molecular flexibility index (Phi) is 5.60. The molecule has 1 aliphatic rings. The van der Waals surface area contributed by atoms with Gasteiger partial charge in [0.15, 0.2) is 5.78 Å². The molecule has 0 aliphatic heterocycles. The van der Waals surface area contributed by atoms with E-state index < -0.39 is 0 Å². The number of ketones is 1. The summed E-state index contributed by atoms with van der Waals surface area (Å²) in [6.45, 7) is 6.03. The predicted molar refractivity (Wildman–Crippen MR) is 76.3 cm³/mol. The first-order valence-electron chi connectivity index (χ1n) is 6.31. The minimum atomic E-state index is -0.203. The quantitative estimate of drug-likeness (QED) is 0.476. The van der Waals surface area contributed by atoms with Gasteiger partial charge in [-0.1, -0.05) is 37.5 Å². The Bertz CT molecular complexity index is 436. The van der Waals surface area contributed by atoms with Crippen LogP contribution >= 0.6 is 11.6 Å². The summed E-state index contributed by atoms with van der Waals surface area (Å²) in [5.41, 5.74) is 1.94. The van der Waals surface area contributed by atoms with Crippen LogP contribution in [-0.4, -0.2) is 23.2 Å². The topological polar surface area (TPSA) is 58.9 Å². The fourth-order valence-electron chi connectivity index (χ4n) is 2.10. The van der Waals surface area contributed by atoms with E-state index in [9.17, 15) is 9.90 Å². The van der Waals surface area contributed by atoms with Gasteiger partial charge in [-0.2, -0.15) is 0 Å². The zero-order valence-electron chi connectivity index (χ0n) is 11.6. The van der Waals surface area contributed by atoms with Gasteiger partial charge >= 0.3 is 0 Å². The minimum Gasteiger partial charge on any atom is -0.511 e. The second kappa shape index (κ2) is 6.75. The maximum Gasteiger partial charge on any atom is 0.168 e. The summed E-state index contributed by atoms with van der Waals surface area (Å²) in [7, 11) is 0. The molecule has 0 radical (unpaired) electrons. The standard InChI is InChI=1S/C14H20ClNO3/c1-4-10(16-19-7-5-6-15)13-11(17)8-14(2,3)9-12(13)18/h5-6,17H,4,7-9H2,1-3H3. The summed E-state index contributed by atoms with van der Waals surface area (Å²) < 4.78 is 0. The van der Waals surface area contributed by atoms with Crippen molar-refractivity contribution in [2.45, 2.75) is 40.0 Å². The van der Waals surface area contributed by atoms with Gasteiger partial charge in [0.05, 0.1) is 11.3 Å². The lowest BCUT2D eigenvalue weighted by Gasteiger charge is -2.29. The molecule has 0 spiro atoms. The molecule has 0 aromatic carbocycles. The van der Waals surface area contributed by atoms with E-state index in [4.69, 9.17) is 16.4 Å². The molecule has 5 heteroatoms. The van der Waals surface area contributed by atoms with E-state index in [1.165, 1.54) is 5.54 Å². The van der Waals surface area contributed by atoms with E-state index in [1.807, 2.05) is 20.8 Å². The molecule has 0 bridgehead atoms. The number of carbonyl (C=O) groups excluding carboxylic acids is 1. The van der Waals surface area contributed by atoms with Gasteiger partial charge in [0.1, 0.15) is 12.4 Å². The summed E-state index contributed by atoms with van der Waals surface area (Å²) in [5, 5.41) is 14.0. The highest BCUT2D eigenvalue weighted by Crippen LogP contribution is 2.36. The molecule has 0 fully saturated rings. The van der Waals surface area contributed by atoms with E-state index in [2.05, 4.69) is 5.16 Å². The van der Waals surface area contributed by atoms with Crippen molar-refractivity contribution in [3.63, 3.8) is 0 Å². The molecular weight excluding hydrogens is 266 g/mol. The number of carbonyl (C=O) groups is 1. The molecule has 1 rings (SSSR count). The molecule has 0 heterocycles. The Labute approximate surface area is 118 Å². The lowest BCUT2D eigenvalue weighted by molar-refractivity contribution is -0.118. The molecule has 1 N–H and O–H groups in total. The van der Waals surface area contributed by atoms with E-state index in [0.717, 1.165) is 0 Å². The molecule has 0 unspecified atom stereocenters. The van der Waals surface area contributed by atoms with Crippen LogP contribution in [0.4, 0.5) is 0 Å². The average Bonchev–Trinajstić information content (AvgIpc) is 2.29. The van der Waals surface area contributed by atoms with Crippen LogP contribution in [0.3, 0.4) is 0 Å². The molecule has 0 aromatic rings. The molecule has 0 amide bonds. The second-order valence-electron chi connectivity index (χ2n) is 5.31. The Hall–Kier alpha value is -1.29. The number of hydrogen-bond acceptors (Lipinski definition) is 4. The molecule has 4 nitrogen and oxygen atoms in total. The summed E-state index contributed by atoms with van der Waals surface area (Å²) in [6.07, 6.45) is 3.01. The maximum atomic E-state index is 12.1. The Morgan fingerprint density at radius 3 is 2.74 bits per heavy atom. The molecule has 0 saturated carbocycles. The van der Waals surface area contributed by atoms with Gasteiger partial charge in [-0.25, -0.2) is 0 Å². The number of aliphatic hydroxyl groups excluding tert-OH is 1. The van der Waals surface area contributed by atoms with E-state index in [1.54, 1.807) is 6.08 Å². The molecule has 0 saturated heterocycles. The Morgan fingerprint density at radius 1 is 1.53 bits per heavy atom. The number of hydrogen-bond donors (Lipinski definition) is 1. The third-order valence-electron chi connectivity index (χ3n) is 2.91. The van der Waals surface area contributed by atoms with Gasteiger partial charge in [-0.05, 0) is 17.9 Å². The van der Waals surface area contributed by atoms with Gasteiger partial charge in [0.2, 0.25) is 0 Å². The van der Waals surface area contributed by atoms with E-state index in [-0.39, 0.29) is 23.6 Å². The maximum absolute atomic E-state index is 12.1. The van der Waals surface area contributed by atoms with Gasteiger partial charge in [0, 0.05) is 18.4 Å². The lowest BCUT2D eigenvalue weighted by Crippen LogP contribution is -2.29. The van der Waals surface area contributed by atoms with Crippen molar-refractivity contribution in [2.75, 3.05) is 6.61 Å². The van der Waals surface area contributed by atoms with Crippen molar-refractivity contribution >= 4 is 23.1 Å². The fourth-order valence-corrected chi connectivity index (χ4v) is 2.17. The van der Waals surface area contributed by atoms with Crippen molar-refractivity contribution in [1.29, 1.82) is 0 Å². The van der Waals surface area contributed by atoms with Crippen molar-refractivity contribution in [3.8, 4) is 0 Å². The summed E-state index contributed by atoms with van der Waals surface area (Å²) >= 11 is 5.36. The van der Waals surface area contributed by atoms with Crippen LogP contribution in [0.1, 0.15) is 40.0 Å². The van der Waals surface area contributed by atoms with Crippen molar-refractivity contribution in [2.24, 2.45) is 10.6 Å². The van der Waals surface area contributed by atoms with Crippen molar-refractivity contribution < 1.29 is 14.7 Å². The van der Waals surface area contributed by atoms with E-state index in [0.29, 0.717) is 30.5 Å². The number of oxime groups is 1. The molecule has 106 valence electrons. The van der Waals surface area contributed by atoms with Crippen LogP contribution in [0.2, 0.25) is 0 Å². The van der Waals surface area contributed by atoms with Crippen LogP contribution < -0.4 is 0 Å². The predicted octanol–water partition coefficient (Wildman–Crippen LogP) is 3.72. The van der Waals surface area contributed by atoms with Crippen LogP contribution in [0, 0.1) is 5.41 Å². The van der Waals surface area contributed by atoms with Gasteiger partial charge in [-0.15, -0.1) is 0 Å². The molecule has 0 atom stereocenters. The third kappa shape index (κ3) is 4.39. The lowest BCUT2D eigenvalue weighted by atomic mass is 9.75. The van der Waals surface area contributed by atoms with Crippen molar-refractivity contribution in [3.05, 3.63) is 22.9 Å². The summed E-state index contributed by atoms with van der Waals surface area (Å²) in [6, 6.07) is 0. The zero-order valence-corrected chi connectivity index (χ0v) is 12.3. The average molecular weight is 286 g/mol. The van der Waals surface area contributed by atoms with E-state index >= 15 is 0 Å². The first-order valence-corrected chi connectivity index (χ1v) is 6.74. The molecule has 0 aromatic heterocycles. The molecular formula is C14H20ClNO3. The van der Waals surface area contributed by atoms with Crippen LogP contribution in [0.5, 0.6) is 0 Å². The smallest absolute Gasteiger partial charge is 0.168 e. The fraction of sp³-hybridized carbons (Fsp3) is 0.571. The monoisotopic (exact) mass is 285 g/mol. The minimum absolute atomic E-state index is 0.0779. The first-order chi connectivity index (χ1) is 8.91. The Morgan fingerprint density at radius 2 is 2.21 bits per heavy atom. The number of rotatable bonds is 5. The summed E-state index contributed by atoms with van der Waals surface area (Å²) in [4.78, 5) is 17.2.